The molecule has 2 rings (SSSR count). The maximum Gasteiger partial charge on any atom is 0.168 e. The van der Waals surface area contributed by atoms with Gasteiger partial charge >= 0.3 is 0 Å². The van der Waals surface area contributed by atoms with Crippen molar-refractivity contribution in [3.8, 4) is 22.6 Å². The highest BCUT2D eigenvalue weighted by Gasteiger charge is 2.17. The van der Waals surface area contributed by atoms with Crippen molar-refractivity contribution in [2.24, 2.45) is 0 Å². The van der Waals surface area contributed by atoms with E-state index in [4.69, 9.17) is 5.73 Å². The first-order valence-corrected chi connectivity index (χ1v) is 4.11. The number of phenols is 2. The van der Waals surface area contributed by atoms with Crippen LogP contribution in [-0.2, 0) is 0 Å². The van der Waals surface area contributed by atoms with E-state index >= 15 is 0 Å². The van der Waals surface area contributed by atoms with Gasteiger partial charge in [0, 0.05) is 0 Å². The summed E-state index contributed by atoms with van der Waals surface area (Å²) in [4.78, 5) is 0. The van der Waals surface area contributed by atoms with Gasteiger partial charge in [0.25, 0.3) is 0 Å². The molecule has 0 fully saturated rings. The third kappa shape index (κ3) is 1.35. The summed E-state index contributed by atoms with van der Waals surface area (Å²) < 4.78 is 13.4. The Balaban J connectivity index is 2.72. The number of aromatic hydroxyl groups is 2. The topological polar surface area (TPSA) is 95.2 Å². The zero-order valence-electron chi connectivity index (χ0n) is 7.53. The van der Waals surface area contributed by atoms with Crippen molar-refractivity contribution < 1.29 is 14.6 Å². The molecule has 0 aliphatic carbocycles. The second-order valence-corrected chi connectivity index (χ2v) is 2.99. The van der Waals surface area contributed by atoms with E-state index in [1.165, 1.54) is 6.20 Å². The minimum absolute atomic E-state index is 0.120. The van der Waals surface area contributed by atoms with Crippen LogP contribution in [0, 0.1) is 5.82 Å². The van der Waals surface area contributed by atoms with Crippen molar-refractivity contribution in [3.05, 3.63) is 24.1 Å². The summed E-state index contributed by atoms with van der Waals surface area (Å²) in [5.74, 6) is -1.52. The fraction of sp³-hybridized carbons (Fsp3) is 0. The maximum absolute atomic E-state index is 13.4. The van der Waals surface area contributed by atoms with Crippen LogP contribution in [0.4, 0.5) is 10.2 Å². The molecule has 0 aliphatic heterocycles. The largest absolute Gasteiger partial charge is 0.504 e. The standard InChI is InChI=1S/C9H8FN3O2/c10-5-1-2-6(14)8(15)7(5)4-3-12-13-9(4)11/h1-3,14-15H,(H3,11,12,13). The smallest absolute Gasteiger partial charge is 0.168 e. The van der Waals surface area contributed by atoms with Gasteiger partial charge in [0.15, 0.2) is 11.5 Å². The van der Waals surface area contributed by atoms with Gasteiger partial charge < -0.3 is 15.9 Å². The summed E-state index contributed by atoms with van der Waals surface area (Å²) in [6.45, 7) is 0. The van der Waals surface area contributed by atoms with Crippen molar-refractivity contribution in [2.75, 3.05) is 5.73 Å². The molecule has 0 saturated heterocycles. The fourth-order valence-corrected chi connectivity index (χ4v) is 1.31. The molecular formula is C9H8FN3O2. The average Bonchev–Trinajstić information content (AvgIpc) is 2.60. The lowest BCUT2D eigenvalue weighted by atomic mass is 10.1. The molecule has 1 aromatic carbocycles. The van der Waals surface area contributed by atoms with Crippen molar-refractivity contribution in [1.82, 2.24) is 10.2 Å². The SMILES string of the molecule is Nc1[nH]ncc1-c1c(F)ccc(O)c1O. The molecule has 1 aromatic heterocycles. The van der Waals surface area contributed by atoms with Crippen LogP contribution in [0.2, 0.25) is 0 Å². The first kappa shape index (κ1) is 9.32. The van der Waals surface area contributed by atoms with Gasteiger partial charge in [-0.2, -0.15) is 5.10 Å². The Labute approximate surface area is 84.0 Å². The Hall–Kier alpha value is -2.24. The summed E-state index contributed by atoms with van der Waals surface area (Å²) in [5, 5.41) is 24.7. The molecule has 5 N–H and O–H groups in total. The third-order valence-electron chi connectivity index (χ3n) is 2.04. The Morgan fingerprint density at radius 3 is 2.67 bits per heavy atom. The zero-order chi connectivity index (χ0) is 11.0. The maximum atomic E-state index is 13.4. The number of nitrogens with zero attached hydrogens (tertiary/aromatic N) is 1. The molecule has 1 heterocycles. The average molecular weight is 209 g/mol. The van der Waals surface area contributed by atoms with Crippen molar-refractivity contribution in [3.63, 3.8) is 0 Å². The second-order valence-electron chi connectivity index (χ2n) is 2.99. The molecule has 2 aromatic rings. The normalized spacial score (nSPS) is 10.5. The molecule has 78 valence electrons. The number of aromatic nitrogens is 2. The molecule has 0 spiro atoms. The lowest BCUT2D eigenvalue weighted by molar-refractivity contribution is 0.402. The number of H-pyrrole nitrogens is 1. The number of nitrogen functional groups attached to an aromatic ring is 1. The predicted molar refractivity (Wildman–Crippen MR) is 51.7 cm³/mol. The fourth-order valence-electron chi connectivity index (χ4n) is 1.31. The van der Waals surface area contributed by atoms with Crippen molar-refractivity contribution in [1.29, 1.82) is 0 Å². The van der Waals surface area contributed by atoms with Crippen LogP contribution >= 0.6 is 0 Å². The van der Waals surface area contributed by atoms with E-state index in [1.54, 1.807) is 0 Å². The first-order chi connectivity index (χ1) is 7.11. The van der Waals surface area contributed by atoms with Gasteiger partial charge in [0.2, 0.25) is 0 Å². The first-order valence-electron chi connectivity index (χ1n) is 4.11. The van der Waals surface area contributed by atoms with E-state index in [0.717, 1.165) is 12.1 Å². The van der Waals surface area contributed by atoms with Crippen LogP contribution < -0.4 is 5.73 Å². The number of hydrogen-bond donors (Lipinski definition) is 4. The van der Waals surface area contributed by atoms with E-state index in [-0.39, 0.29) is 16.9 Å². The number of nitrogens with two attached hydrogens (primary N) is 1. The minimum Gasteiger partial charge on any atom is -0.504 e. The Bertz CT molecular complexity index is 510. The molecule has 15 heavy (non-hydrogen) atoms. The van der Waals surface area contributed by atoms with Gasteiger partial charge in [-0.15, -0.1) is 0 Å². The number of nitrogens with one attached hydrogen (secondary N) is 1. The highest BCUT2D eigenvalue weighted by atomic mass is 19.1. The summed E-state index contributed by atoms with van der Waals surface area (Å²) >= 11 is 0. The Kier molecular flexibility index (Phi) is 1.96. The Morgan fingerprint density at radius 1 is 1.33 bits per heavy atom. The van der Waals surface area contributed by atoms with Crippen LogP contribution in [-0.4, -0.2) is 20.4 Å². The number of phenolic OH excluding ortho intramolecular Hbond substituents is 2. The van der Waals surface area contributed by atoms with Gasteiger partial charge in [0.05, 0.1) is 17.3 Å². The van der Waals surface area contributed by atoms with Crippen molar-refractivity contribution >= 4 is 5.82 Å². The highest BCUT2D eigenvalue weighted by Crippen LogP contribution is 2.39. The number of aromatic amines is 1. The minimum atomic E-state index is -0.682. The van der Waals surface area contributed by atoms with Crippen LogP contribution in [0.15, 0.2) is 18.3 Å². The molecule has 0 radical (unpaired) electrons. The molecule has 0 unspecified atom stereocenters. The van der Waals surface area contributed by atoms with Gasteiger partial charge in [-0.3, -0.25) is 5.10 Å². The number of benzene rings is 1. The number of halogens is 1. The van der Waals surface area contributed by atoms with E-state index in [2.05, 4.69) is 10.2 Å². The third-order valence-corrected chi connectivity index (χ3v) is 2.04. The predicted octanol–water partition coefficient (Wildman–Crippen LogP) is 1.21. The van der Waals surface area contributed by atoms with Gasteiger partial charge in [-0.1, -0.05) is 0 Å². The van der Waals surface area contributed by atoms with E-state index in [9.17, 15) is 14.6 Å². The lowest BCUT2D eigenvalue weighted by Crippen LogP contribution is -1.90. The molecule has 0 atom stereocenters. The van der Waals surface area contributed by atoms with E-state index in [0.29, 0.717) is 0 Å². The quantitative estimate of drug-likeness (QED) is 0.531. The highest BCUT2D eigenvalue weighted by molar-refractivity contribution is 5.80. The molecule has 0 amide bonds. The van der Waals surface area contributed by atoms with E-state index in [1.807, 2.05) is 0 Å². The molecule has 6 heteroatoms. The summed E-state index contributed by atoms with van der Waals surface area (Å²) in [5.41, 5.74) is 5.53. The molecular weight excluding hydrogens is 201 g/mol. The van der Waals surface area contributed by atoms with Crippen LogP contribution in [0.1, 0.15) is 0 Å². The second kappa shape index (κ2) is 3.16. The number of hydrogen-bond acceptors (Lipinski definition) is 4. The van der Waals surface area contributed by atoms with Crippen molar-refractivity contribution in [2.45, 2.75) is 0 Å². The summed E-state index contributed by atoms with van der Waals surface area (Å²) in [6, 6.07) is 2.10. The van der Waals surface area contributed by atoms with Gasteiger partial charge in [-0.05, 0) is 12.1 Å². The lowest BCUT2D eigenvalue weighted by Gasteiger charge is -2.06. The summed E-state index contributed by atoms with van der Waals surface area (Å²) in [6.07, 6.45) is 1.27. The molecule has 5 nitrogen and oxygen atoms in total. The van der Waals surface area contributed by atoms with Crippen LogP contribution in [0.5, 0.6) is 11.5 Å². The number of rotatable bonds is 1. The van der Waals surface area contributed by atoms with Gasteiger partial charge in [-0.25, -0.2) is 4.39 Å². The van der Waals surface area contributed by atoms with E-state index < -0.39 is 17.3 Å². The Morgan fingerprint density at radius 2 is 2.07 bits per heavy atom. The zero-order valence-corrected chi connectivity index (χ0v) is 7.53. The van der Waals surface area contributed by atoms with Crippen LogP contribution in [0.3, 0.4) is 0 Å². The number of anilines is 1. The molecule has 0 saturated carbocycles. The summed E-state index contributed by atoms with van der Waals surface area (Å²) in [7, 11) is 0. The molecule has 0 bridgehead atoms. The monoisotopic (exact) mass is 209 g/mol. The van der Waals surface area contributed by atoms with Crippen LogP contribution in [0.25, 0.3) is 11.1 Å². The molecule has 0 aliphatic rings. The van der Waals surface area contributed by atoms with Gasteiger partial charge in [0.1, 0.15) is 11.6 Å².